The average Bonchev–Trinajstić information content (AvgIpc) is 2.73. The second kappa shape index (κ2) is 9.68. The zero-order valence-corrected chi connectivity index (χ0v) is 16.2. The molecular formula is C24H30O3. The maximum atomic E-state index is 13.2. The van der Waals surface area contributed by atoms with Crippen molar-refractivity contribution in [3.8, 4) is 0 Å². The topological polar surface area (TPSA) is 43.4 Å². The van der Waals surface area contributed by atoms with Gasteiger partial charge in [-0.25, -0.2) is 0 Å². The molecule has 0 bridgehead atoms. The molecule has 0 N–H and O–H groups in total. The molecule has 3 nitrogen and oxygen atoms in total. The standard InChI is InChI=1S/C24H30O3/c1-2-27-24(26)22(17-18-9-5-3-6-10-18)23(25)21-15-13-20(14-16-21)19-11-7-4-8-12-19/h3-11,19-22H,2,12-17H2,1H3/t19?,20-,21-,22?. The van der Waals surface area contributed by atoms with Gasteiger partial charge in [-0.3, -0.25) is 9.59 Å². The summed E-state index contributed by atoms with van der Waals surface area (Å²) in [4.78, 5) is 25.7. The van der Waals surface area contributed by atoms with Crippen LogP contribution in [0.4, 0.5) is 0 Å². The summed E-state index contributed by atoms with van der Waals surface area (Å²) in [5.41, 5.74) is 1.01. The number of esters is 1. The van der Waals surface area contributed by atoms with Crippen LogP contribution >= 0.6 is 0 Å². The summed E-state index contributed by atoms with van der Waals surface area (Å²) in [6.45, 7) is 2.10. The number of carbonyl (C=O) groups excluding carboxylic acids is 2. The third kappa shape index (κ3) is 5.18. The summed E-state index contributed by atoms with van der Waals surface area (Å²) in [6, 6.07) is 9.78. The van der Waals surface area contributed by atoms with Gasteiger partial charge >= 0.3 is 5.97 Å². The van der Waals surface area contributed by atoms with E-state index >= 15 is 0 Å². The van der Waals surface area contributed by atoms with E-state index in [1.807, 2.05) is 30.3 Å². The molecule has 0 amide bonds. The van der Waals surface area contributed by atoms with Crippen molar-refractivity contribution in [2.24, 2.45) is 23.7 Å². The first kappa shape index (κ1) is 19.6. The first-order valence-electron chi connectivity index (χ1n) is 10.3. The van der Waals surface area contributed by atoms with E-state index in [0.717, 1.165) is 37.7 Å². The lowest BCUT2D eigenvalue weighted by atomic mass is 9.71. The Bertz CT molecular complexity index is 681. The third-order valence-corrected chi connectivity index (χ3v) is 5.99. The van der Waals surface area contributed by atoms with Gasteiger partial charge in [-0.2, -0.15) is 0 Å². The third-order valence-electron chi connectivity index (χ3n) is 5.99. The lowest BCUT2D eigenvalue weighted by Gasteiger charge is -2.33. The zero-order valence-electron chi connectivity index (χ0n) is 16.2. The van der Waals surface area contributed by atoms with Gasteiger partial charge in [0.1, 0.15) is 5.92 Å². The number of ether oxygens (including phenoxy) is 1. The normalized spacial score (nSPS) is 25.7. The predicted octanol–water partition coefficient (Wildman–Crippen LogP) is 4.92. The molecule has 3 rings (SSSR count). The molecule has 2 aliphatic carbocycles. The van der Waals surface area contributed by atoms with Crippen LogP contribution in [0, 0.1) is 23.7 Å². The SMILES string of the molecule is CCOC(=O)C(Cc1ccccc1)C(=O)[C@H]1CC[C@H](C2C=CC=CC2)CC1. The first-order chi connectivity index (χ1) is 13.2. The molecule has 27 heavy (non-hydrogen) atoms. The number of carbonyl (C=O) groups is 2. The monoisotopic (exact) mass is 366 g/mol. The molecule has 3 heteroatoms. The van der Waals surface area contributed by atoms with E-state index in [9.17, 15) is 9.59 Å². The number of hydrogen-bond acceptors (Lipinski definition) is 3. The Hall–Kier alpha value is -2.16. The highest BCUT2D eigenvalue weighted by atomic mass is 16.5. The van der Waals surface area contributed by atoms with Crippen molar-refractivity contribution < 1.29 is 14.3 Å². The Labute approximate surface area is 162 Å². The minimum absolute atomic E-state index is 0.0116. The van der Waals surface area contributed by atoms with E-state index in [-0.39, 0.29) is 17.7 Å². The number of benzene rings is 1. The first-order valence-corrected chi connectivity index (χ1v) is 10.3. The average molecular weight is 367 g/mol. The summed E-state index contributed by atoms with van der Waals surface area (Å²) in [7, 11) is 0. The van der Waals surface area contributed by atoms with E-state index in [1.165, 1.54) is 0 Å². The fraction of sp³-hybridized carbons (Fsp3) is 0.500. The fourth-order valence-corrected chi connectivity index (χ4v) is 4.46. The van der Waals surface area contributed by atoms with Gasteiger partial charge in [0.25, 0.3) is 0 Å². The van der Waals surface area contributed by atoms with Gasteiger partial charge in [-0.15, -0.1) is 0 Å². The van der Waals surface area contributed by atoms with Crippen LogP contribution in [-0.4, -0.2) is 18.4 Å². The number of allylic oxidation sites excluding steroid dienone is 4. The van der Waals surface area contributed by atoms with Gasteiger partial charge in [0.15, 0.2) is 5.78 Å². The van der Waals surface area contributed by atoms with Crippen molar-refractivity contribution in [1.29, 1.82) is 0 Å². The largest absolute Gasteiger partial charge is 0.465 e. The van der Waals surface area contributed by atoms with E-state index in [0.29, 0.717) is 24.9 Å². The Morgan fingerprint density at radius 2 is 1.81 bits per heavy atom. The molecule has 1 saturated carbocycles. The molecular weight excluding hydrogens is 336 g/mol. The molecule has 0 heterocycles. The minimum Gasteiger partial charge on any atom is -0.465 e. The molecule has 2 atom stereocenters. The lowest BCUT2D eigenvalue weighted by molar-refractivity contribution is -0.153. The maximum Gasteiger partial charge on any atom is 0.316 e. The highest BCUT2D eigenvalue weighted by molar-refractivity contribution is 6.00. The van der Waals surface area contributed by atoms with Crippen LogP contribution in [0.15, 0.2) is 54.6 Å². The van der Waals surface area contributed by atoms with Crippen molar-refractivity contribution in [2.45, 2.75) is 45.4 Å². The molecule has 1 aromatic rings. The molecule has 1 aromatic carbocycles. The van der Waals surface area contributed by atoms with Gasteiger partial charge in [0.05, 0.1) is 6.61 Å². The maximum absolute atomic E-state index is 13.2. The highest BCUT2D eigenvalue weighted by Gasteiger charge is 2.36. The van der Waals surface area contributed by atoms with Gasteiger partial charge in [0.2, 0.25) is 0 Å². The molecule has 0 aromatic heterocycles. The molecule has 0 radical (unpaired) electrons. The number of Topliss-reactive ketones (excluding diaryl/α,β-unsaturated/α-hetero) is 1. The highest BCUT2D eigenvalue weighted by Crippen LogP contribution is 2.38. The summed E-state index contributed by atoms with van der Waals surface area (Å²) >= 11 is 0. The summed E-state index contributed by atoms with van der Waals surface area (Å²) in [5.74, 6) is 0.291. The molecule has 0 spiro atoms. The number of ketones is 1. The second-order valence-corrected chi connectivity index (χ2v) is 7.72. The van der Waals surface area contributed by atoms with Crippen molar-refractivity contribution in [1.82, 2.24) is 0 Å². The van der Waals surface area contributed by atoms with Gasteiger partial charge in [-0.05, 0) is 62.8 Å². The van der Waals surface area contributed by atoms with Crippen LogP contribution in [0.5, 0.6) is 0 Å². The molecule has 0 saturated heterocycles. The summed E-state index contributed by atoms with van der Waals surface area (Å²) in [5, 5.41) is 0. The van der Waals surface area contributed by atoms with Crippen LogP contribution in [0.25, 0.3) is 0 Å². The Morgan fingerprint density at radius 3 is 2.44 bits per heavy atom. The molecule has 144 valence electrons. The van der Waals surface area contributed by atoms with Crippen LogP contribution in [0.1, 0.15) is 44.6 Å². The lowest BCUT2D eigenvalue weighted by Crippen LogP contribution is -2.35. The van der Waals surface area contributed by atoms with Crippen LogP contribution < -0.4 is 0 Å². The van der Waals surface area contributed by atoms with Crippen molar-refractivity contribution >= 4 is 11.8 Å². The Balaban J connectivity index is 1.62. The molecule has 1 fully saturated rings. The zero-order chi connectivity index (χ0) is 19.1. The Morgan fingerprint density at radius 1 is 1.07 bits per heavy atom. The quantitative estimate of drug-likeness (QED) is 0.508. The van der Waals surface area contributed by atoms with Gasteiger partial charge < -0.3 is 4.74 Å². The summed E-state index contributed by atoms with van der Waals surface area (Å²) in [6.07, 6.45) is 14.3. The fourth-order valence-electron chi connectivity index (χ4n) is 4.46. The summed E-state index contributed by atoms with van der Waals surface area (Å²) < 4.78 is 5.23. The molecule has 0 aliphatic heterocycles. The smallest absolute Gasteiger partial charge is 0.316 e. The Kier molecular flexibility index (Phi) is 7.03. The molecule has 2 aliphatic rings. The van der Waals surface area contributed by atoms with Crippen LogP contribution in [-0.2, 0) is 20.7 Å². The van der Waals surface area contributed by atoms with E-state index in [2.05, 4.69) is 24.3 Å². The van der Waals surface area contributed by atoms with E-state index < -0.39 is 5.92 Å². The van der Waals surface area contributed by atoms with E-state index in [1.54, 1.807) is 6.92 Å². The minimum atomic E-state index is -0.675. The molecule has 2 unspecified atom stereocenters. The van der Waals surface area contributed by atoms with Crippen LogP contribution in [0.2, 0.25) is 0 Å². The van der Waals surface area contributed by atoms with Crippen molar-refractivity contribution in [3.63, 3.8) is 0 Å². The van der Waals surface area contributed by atoms with Gasteiger partial charge in [0, 0.05) is 5.92 Å². The second-order valence-electron chi connectivity index (χ2n) is 7.72. The van der Waals surface area contributed by atoms with Crippen molar-refractivity contribution in [3.05, 3.63) is 60.2 Å². The van der Waals surface area contributed by atoms with E-state index in [4.69, 9.17) is 4.74 Å². The number of rotatable bonds is 7. The number of hydrogen-bond donors (Lipinski definition) is 0. The predicted molar refractivity (Wildman–Crippen MR) is 107 cm³/mol. The van der Waals surface area contributed by atoms with Gasteiger partial charge in [-0.1, -0.05) is 54.6 Å². The van der Waals surface area contributed by atoms with Crippen molar-refractivity contribution in [2.75, 3.05) is 6.61 Å². The van der Waals surface area contributed by atoms with Crippen LogP contribution in [0.3, 0.4) is 0 Å².